The molecule has 0 radical (unpaired) electrons. The van der Waals surface area contributed by atoms with Gasteiger partial charge in [-0.1, -0.05) is 13.8 Å². The molecule has 1 heterocycles. The quantitative estimate of drug-likeness (QED) is 0.618. The maximum atomic E-state index is 5.94. The van der Waals surface area contributed by atoms with Gasteiger partial charge in [-0.2, -0.15) is 0 Å². The second-order valence-corrected chi connectivity index (χ2v) is 5.99. The molecule has 0 aromatic carbocycles. The van der Waals surface area contributed by atoms with Crippen molar-refractivity contribution in [2.45, 2.75) is 45.3 Å². The van der Waals surface area contributed by atoms with Crippen LogP contribution in [0.5, 0.6) is 0 Å². The van der Waals surface area contributed by atoms with Crippen LogP contribution in [0.15, 0.2) is 0 Å². The smallest absolute Gasteiger partial charge is 0.389 e. The third-order valence-corrected chi connectivity index (χ3v) is 5.12. The Morgan fingerprint density at radius 1 is 1.27 bits per heavy atom. The highest BCUT2D eigenvalue weighted by Crippen LogP contribution is 2.65. The molecule has 15 heavy (non-hydrogen) atoms. The van der Waals surface area contributed by atoms with Crippen LogP contribution in [-0.2, 0) is 14.0 Å². The zero-order valence-electron chi connectivity index (χ0n) is 9.95. The van der Waals surface area contributed by atoms with Crippen LogP contribution < -0.4 is 0 Å². The highest BCUT2D eigenvalue weighted by Gasteiger charge is 2.68. The zero-order chi connectivity index (χ0) is 10.8. The molecule has 4 aliphatic rings. The third kappa shape index (κ3) is 1.08. The van der Waals surface area contributed by atoms with Gasteiger partial charge in [0.25, 0.3) is 0 Å². The largest absolute Gasteiger partial charge is 0.640 e. The summed E-state index contributed by atoms with van der Waals surface area (Å²) in [5.41, 5.74) is 0.288. The van der Waals surface area contributed by atoms with Crippen molar-refractivity contribution in [3.05, 3.63) is 0 Å². The molecule has 1 aliphatic heterocycles. The highest BCUT2D eigenvalue weighted by atomic mass is 16.8. The Balaban J connectivity index is 1.89. The lowest BCUT2D eigenvalue weighted by atomic mass is 9.43. The first-order valence-electron chi connectivity index (χ1n) is 5.84. The Labute approximate surface area is 91.6 Å². The maximum Gasteiger partial charge on any atom is 0.640 e. The van der Waals surface area contributed by atoms with Crippen LogP contribution >= 0.6 is 0 Å². The predicted octanol–water partition coefficient (Wildman–Crippen LogP) is 1.86. The summed E-state index contributed by atoms with van der Waals surface area (Å²) in [5, 5.41) is 0. The monoisotopic (exact) mass is 210 g/mol. The van der Waals surface area contributed by atoms with Crippen molar-refractivity contribution in [2.75, 3.05) is 7.11 Å². The fraction of sp³-hybridized carbons (Fsp3) is 1.00. The molecule has 84 valence electrons. The Morgan fingerprint density at radius 3 is 2.60 bits per heavy atom. The molecule has 0 spiro atoms. The lowest BCUT2D eigenvalue weighted by Crippen LogP contribution is -2.65. The second kappa shape index (κ2) is 2.79. The molecule has 4 rings (SSSR count). The van der Waals surface area contributed by atoms with Crippen LogP contribution in [0.4, 0.5) is 0 Å². The maximum absolute atomic E-state index is 5.94. The minimum Gasteiger partial charge on any atom is -0.389 e. The van der Waals surface area contributed by atoms with Crippen molar-refractivity contribution in [3.8, 4) is 0 Å². The van der Waals surface area contributed by atoms with Gasteiger partial charge in [-0.25, -0.2) is 0 Å². The molecule has 4 heteroatoms. The van der Waals surface area contributed by atoms with Crippen molar-refractivity contribution in [1.82, 2.24) is 0 Å². The van der Waals surface area contributed by atoms with Crippen LogP contribution in [0.1, 0.15) is 33.6 Å². The summed E-state index contributed by atoms with van der Waals surface area (Å²) in [6.07, 6.45) is 2.65. The van der Waals surface area contributed by atoms with Gasteiger partial charge in [-0.15, -0.1) is 0 Å². The van der Waals surface area contributed by atoms with E-state index in [2.05, 4.69) is 20.8 Å². The SMILES string of the molecule is COB1OC2C[C@@H]3C[C@@H](C3(C)C)[C@]2(C)O1. The molecular weight excluding hydrogens is 191 g/mol. The topological polar surface area (TPSA) is 27.7 Å². The average Bonchev–Trinajstić information content (AvgIpc) is 2.53. The van der Waals surface area contributed by atoms with Crippen LogP contribution in [0.2, 0.25) is 0 Å². The third-order valence-electron chi connectivity index (χ3n) is 5.12. The van der Waals surface area contributed by atoms with E-state index >= 15 is 0 Å². The van der Waals surface area contributed by atoms with Crippen molar-refractivity contribution in [2.24, 2.45) is 17.3 Å². The van der Waals surface area contributed by atoms with Gasteiger partial charge in [0.15, 0.2) is 0 Å². The second-order valence-electron chi connectivity index (χ2n) is 5.99. The Morgan fingerprint density at radius 2 is 2.00 bits per heavy atom. The molecule has 3 saturated carbocycles. The number of hydrogen-bond donors (Lipinski definition) is 0. The van der Waals surface area contributed by atoms with Gasteiger partial charge in [0.05, 0.1) is 11.7 Å². The Hall–Kier alpha value is -0.0551. The zero-order valence-corrected chi connectivity index (χ0v) is 9.95. The van der Waals surface area contributed by atoms with E-state index in [0.29, 0.717) is 11.3 Å². The van der Waals surface area contributed by atoms with E-state index in [0.717, 1.165) is 12.3 Å². The van der Waals surface area contributed by atoms with Gasteiger partial charge in [0.2, 0.25) is 0 Å². The van der Waals surface area contributed by atoms with Crippen molar-refractivity contribution in [3.63, 3.8) is 0 Å². The Bertz CT molecular complexity index is 294. The van der Waals surface area contributed by atoms with Gasteiger partial charge in [-0.3, -0.25) is 0 Å². The van der Waals surface area contributed by atoms with E-state index in [4.69, 9.17) is 14.0 Å². The summed E-state index contributed by atoms with van der Waals surface area (Å²) < 4.78 is 16.9. The van der Waals surface area contributed by atoms with Crippen molar-refractivity contribution >= 4 is 7.32 Å². The first-order chi connectivity index (χ1) is 6.98. The molecule has 3 aliphatic carbocycles. The molecule has 0 amide bonds. The fourth-order valence-corrected chi connectivity index (χ4v) is 3.93. The normalized spacial score (nSPS) is 51.2. The summed E-state index contributed by atoms with van der Waals surface area (Å²) in [6, 6.07) is 0. The lowest BCUT2D eigenvalue weighted by molar-refractivity contribution is -0.199. The standard InChI is InChI=1S/C11H19BO3/c1-10(2)7-5-8(10)11(3)9(6-7)14-12(13-4)15-11/h7-9H,5-6H2,1-4H3/t7-,8-,9?,11-/m0/s1. The van der Waals surface area contributed by atoms with Crippen LogP contribution in [0.3, 0.4) is 0 Å². The van der Waals surface area contributed by atoms with E-state index in [1.54, 1.807) is 7.11 Å². The predicted molar refractivity (Wildman–Crippen MR) is 57.1 cm³/mol. The number of rotatable bonds is 1. The van der Waals surface area contributed by atoms with Gasteiger partial charge >= 0.3 is 7.32 Å². The van der Waals surface area contributed by atoms with Gasteiger partial charge in [0.1, 0.15) is 0 Å². The van der Waals surface area contributed by atoms with E-state index in [9.17, 15) is 0 Å². The summed E-state index contributed by atoms with van der Waals surface area (Å²) in [4.78, 5) is 0. The van der Waals surface area contributed by atoms with E-state index in [-0.39, 0.29) is 11.7 Å². The molecule has 0 aromatic heterocycles. The first kappa shape index (κ1) is 10.1. The van der Waals surface area contributed by atoms with Crippen molar-refractivity contribution in [1.29, 1.82) is 0 Å². The van der Waals surface area contributed by atoms with Gasteiger partial charge in [0, 0.05) is 7.11 Å². The Kier molecular flexibility index (Phi) is 1.88. The van der Waals surface area contributed by atoms with E-state index < -0.39 is 7.32 Å². The highest BCUT2D eigenvalue weighted by molar-refractivity contribution is 6.37. The number of hydrogen-bond acceptors (Lipinski definition) is 3. The molecule has 1 unspecified atom stereocenters. The molecule has 2 bridgehead atoms. The minimum absolute atomic E-state index is 0.126. The molecule has 0 aromatic rings. The minimum atomic E-state index is -0.449. The van der Waals surface area contributed by atoms with Gasteiger partial charge in [-0.05, 0) is 37.0 Å². The molecule has 0 N–H and O–H groups in total. The summed E-state index contributed by atoms with van der Waals surface area (Å²) >= 11 is 0. The molecule has 1 saturated heterocycles. The van der Waals surface area contributed by atoms with E-state index in [1.807, 2.05) is 0 Å². The lowest BCUT2D eigenvalue weighted by Gasteiger charge is -2.64. The molecular formula is C11H19BO3. The van der Waals surface area contributed by atoms with Crippen LogP contribution in [0, 0.1) is 17.3 Å². The van der Waals surface area contributed by atoms with Crippen LogP contribution in [0.25, 0.3) is 0 Å². The molecule has 3 nitrogen and oxygen atoms in total. The molecule has 4 atom stereocenters. The van der Waals surface area contributed by atoms with Crippen LogP contribution in [-0.4, -0.2) is 26.1 Å². The van der Waals surface area contributed by atoms with Crippen molar-refractivity contribution < 1.29 is 14.0 Å². The van der Waals surface area contributed by atoms with E-state index in [1.165, 1.54) is 6.42 Å². The average molecular weight is 210 g/mol. The van der Waals surface area contributed by atoms with Gasteiger partial charge < -0.3 is 14.0 Å². The fourth-order valence-electron chi connectivity index (χ4n) is 3.93. The summed E-state index contributed by atoms with van der Waals surface area (Å²) in [5.74, 6) is 1.42. The summed E-state index contributed by atoms with van der Waals surface area (Å²) in [7, 11) is 1.19. The first-order valence-corrected chi connectivity index (χ1v) is 5.84. The summed E-state index contributed by atoms with van der Waals surface area (Å²) in [6.45, 7) is 6.91. The molecule has 4 fully saturated rings.